The Kier molecular flexibility index (Phi) is 8.48. The first-order valence-electron chi connectivity index (χ1n) is 13.5. The van der Waals surface area contributed by atoms with E-state index in [9.17, 15) is 23.2 Å². The van der Waals surface area contributed by atoms with E-state index in [4.69, 9.17) is 4.74 Å². The van der Waals surface area contributed by atoms with E-state index in [-0.39, 0.29) is 40.9 Å². The topological polar surface area (TPSA) is 141 Å². The van der Waals surface area contributed by atoms with Crippen LogP contribution in [0.4, 0.5) is 19.3 Å². The van der Waals surface area contributed by atoms with Gasteiger partial charge in [0, 0.05) is 30.4 Å². The fourth-order valence-corrected chi connectivity index (χ4v) is 4.67. The summed E-state index contributed by atoms with van der Waals surface area (Å²) < 4.78 is 38.0. The van der Waals surface area contributed by atoms with E-state index in [0.717, 1.165) is 21.3 Å². The van der Waals surface area contributed by atoms with Crippen LogP contribution in [0.2, 0.25) is 0 Å². The van der Waals surface area contributed by atoms with E-state index in [1.807, 2.05) is 0 Å². The van der Waals surface area contributed by atoms with Gasteiger partial charge in [0.1, 0.15) is 17.0 Å². The van der Waals surface area contributed by atoms with Gasteiger partial charge in [0.25, 0.3) is 5.56 Å². The van der Waals surface area contributed by atoms with E-state index in [2.05, 4.69) is 25.9 Å². The maximum absolute atomic E-state index is 14.8. The van der Waals surface area contributed by atoms with Crippen LogP contribution >= 0.6 is 0 Å². The standard InChI is InChI=1S/C29H29F2N9O4/c1-5-32-28(42)33-17-9-11-18(12-10-17)40-22(16-37(2)3)25-26(36-40)38(15-19-20(30)7-6-8-21(19)31)29(43)39(27(25)41)23-13-14-24(44-4)35-34-23/h6-14H,5,15-16H2,1-4H3,(H2,32,33,42). The van der Waals surface area contributed by atoms with E-state index in [0.29, 0.717) is 23.6 Å². The minimum Gasteiger partial charge on any atom is -0.480 e. The molecule has 44 heavy (non-hydrogen) atoms. The number of hydrogen-bond acceptors (Lipinski definition) is 8. The molecule has 0 saturated carbocycles. The van der Waals surface area contributed by atoms with Crippen LogP contribution in [0.5, 0.6) is 5.88 Å². The van der Waals surface area contributed by atoms with E-state index in [1.165, 1.54) is 30.0 Å². The van der Waals surface area contributed by atoms with Crippen LogP contribution in [0.1, 0.15) is 18.2 Å². The molecular formula is C29H29F2N9O4. The third kappa shape index (κ3) is 5.76. The minimum atomic E-state index is -0.924. The Morgan fingerprint density at radius 3 is 2.30 bits per heavy atom. The lowest BCUT2D eigenvalue weighted by atomic mass is 10.2. The molecule has 0 radical (unpaired) electrons. The van der Waals surface area contributed by atoms with Gasteiger partial charge in [-0.25, -0.2) is 27.6 Å². The second kappa shape index (κ2) is 12.4. The number of fused-ring (bicyclic) bond motifs is 1. The van der Waals surface area contributed by atoms with Crippen molar-refractivity contribution in [3.8, 4) is 17.4 Å². The predicted octanol–water partition coefficient (Wildman–Crippen LogP) is 2.67. The molecular weight excluding hydrogens is 576 g/mol. The summed E-state index contributed by atoms with van der Waals surface area (Å²) in [7, 11) is 4.98. The Labute approximate surface area is 249 Å². The number of halogens is 2. The van der Waals surface area contributed by atoms with Crippen molar-refractivity contribution in [2.75, 3.05) is 33.1 Å². The number of benzene rings is 2. The molecule has 0 saturated heterocycles. The zero-order valence-corrected chi connectivity index (χ0v) is 24.3. The maximum Gasteiger partial charge on any atom is 0.338 e. The fourth-order valence-electron chi connectivity index (χ4n) is 4.67. The average Bonchev–Trinajstić information content (AvgIpc) is 3.36. The number of aromatic nitrogens is 6. The van der Waals surface area contributed by atoms with Crippen molar-refractivity contribution in [2.45, 2.75) is 20.0 Å². The van der Waals surface area contributed by atoms with Crippen LogP contribution in [0.3, 0.4) is 0 Å². The third-order valence-electron chi connectivity index (χ3n) is 6.67. The number of nitrogens with one attached hydrogen (secondary N) is 2. The molecule has 2 N–H and O–H groups in total. The Balaban J connectivity index is 1.79. The summed E-state index contributed by atoms with van der Waals surface area (Å²) in [5.41, 5.74) is -0.714. The summed E-state index contributed by atoms with van der Waals surface area (Å²) in [6.07, 6.45) is 0. The van der Waals surface area contributed by atoms with Gasteiger partial charge in [-0.1, -0.05) is 6.07 Å². The molecule has 0 fully saturated rings. The van der Waals surface area contributed by atoms with Gasteiger partial charge in [0.15, 0.2) is 11.5 Å². The van der Waals surface area contributed by atoms with Gasteiger partial charge in [-0.05, 0) is 63.5 Å². The molecule has 0 unspecified atom stereocenters. The molecule has 15 heteroatoms. The number of carbonyl (C=O) groups excluding carboxylic acids is 1. The number of anilines is 1. The van der Waals surface area contributed by atoms with Crippen LogP contribution in [0.15, 0.2) is 64.2 Å². The smallest absolute Gasteiger partial charge is 0.338 e. The number of hydrogen-bond donors (Lipinski definition) is 2. The number of nitrogens with zero attached hydrogens (tertiary/aromatic N) is 7. The Morgan fingerprint density at radius 1 is 1.00 bits per heavy atom. The van der Waals surface area contributed by atoms with Crippen LogP contribution in [-0.2, 0) is 13.1 Å². The Hall–Kier alpha value is -5.44. The number of urea groups is 1. The first-order chi connectivity index (χ1) is 21.1. The van der Waals surface area contributed by atoms with Crippen molar-refractivity contribution >= 4 is 22.8 Å². The van der Waals surface area contributed by atoms with E-state index in [1.54, 1.807) is 50.2 Å². The van der Waals surface area contributed by atoms with Gasteiger partial charge in [0.2, 0.25) is 5.88 Å². The Morgan fingerprint density at radius 2 is 1.70 bits per heavy atom. The lowest BCUT2D eigenvalue weighted by molar-refractivity contribution is 0.252. The molecule has 0 bridgehead atoms. The maximum atomic E-state index is 14.8. The predicted molar refractivity (Wildman–Crippen MR) is 159 cm³/mol. The quantitative estimate of drug-likeness (QED) is 0.261. The van der Waals surface area contributed by atoms with Crippen molar-refractivity contribution in [3.05, 3.63) is 98.3 Å². The third-order valence-corrected chi connectivity index (χ3v) is 6.67. The minimum absolute atomic E-state index is 0.0391. The van der Waals surface area contributed by atoms with Gasteiger partial charge in [-0.2, -0.15) is 0 Å². The van der Waals surface area contributed by atoms with Gasteiger partial charge in [-0.15, -0.1) is 15.3 Å². The zero-order chi connectivity index (χ0) is 31.5. The molecule has 0 aliphatic heterocycles. The SMILES string of the molecule is CCNC(=O)Nc1ccc(-n2nc3c(c2CN(C)C)c(=O)n(-c2ccc(OC)nn2)c(=O)n3Cc2c(F)cccc2F)cc1. The van der Waals surface area contributed by atoms with Crippen LogP contribution < -0.4 is 26.6 Å². The van der Waals surface area contributed by atoms with Crippen LogP contribution in [0.25, 0.3) is 22.5 Å². The monoisotopic (exact) mass is 605 g/mol. The molecule has 5 rings (SSSR count). The number of rotatable bonds is 9. The highest BCUT2D eigenvalue weighted by Crippen LogP contribution is 2.23. The summed E-state index contributed by atoms with van der Waals surface area (Å²) in [6, 6.07) is 12.5. The van der Waals surface area contributed by atoms with Crippen molar-refractivity contribution in [3.63, 3.8) is 0 Å². The molecule has 0 atom stereocenters. The summed E-state index contributed by atoms with van der Waals surface area (Å²) >= 11 is 0. The van der Waals surface area contributed by atoms with Crippen molar-refractivity contribution < 1.29 is 18.3 Å². The molecule has 0 spiro atoms. The van der Waals surface area contributed by atoms with Crippen LogP contribution in [0, 0.1) is 11.6 Å². The molecule has 0 aliphatic carbocycles. The van der Waals surface area contributed by atoms with Crippen molar-refractivity contribution in [1.29, 1.82) is 0 Å². The molecule has 3 aromatic heterocycles. The first-order valence-corrected chi connectivity index (χ1v) is 13.5. The number of ether oxygens (including phenoxy) is 1. The van der Waals surface area contributed by atoms with Gasteiger partial charge in [0.05, 0.1) is 25.0 Å². The van der Waals surface area contributed by atoms with Gasteiger partial charge < -0.3 is 20.3 Å². The lowest BCUT2D eigenvalue weighted by Crippen LogP contribution is -2.40. The number of methoxy groups -OCH3 is 1. The fraction of sp³-hybridized carbons (Fsp3) is 0.241. The summed E-state index contributed by atoms with van der Waals surface area (Å²) in [5, 5.41) is 17.9. The molecule has 5 aromatic rings. The lowest BCUT2D eigenvalue weighted by Gasteiger charge is -2.14. The molecule has 13 nitrogen and oxygen atoms in total. The molecule has 2 aromatic carbocycles. The molecule has 2 amide bonds. The van der Waals surface area contributed by atoms with E-state index < -0.39 is 29.4 Å². The number of carbonyl (C=O) groups is 1. The second-order valence-electron chi connectivity index (χ2n) is 9.97. The van der Waals surface area contributed by atoms with Gasteiger partial charge in [-0.3, -0.25) is 9.36 Å². The summed E-state index contributed by atoms with van der Waals surface area (Å²) in [4.78, 5) is 41.8. The van der Waals surface area contributed by atoms with Crippen molar-refractivity contribution in [2.24, 2.45) is 0 Å². The highest BCUT2D eigenvalue weighted by molar-refractivity contribution is 5.89. The summed E-state index contributed by atoms with van der Waals surface area (Å²) in [6.45, 7) is 1.89. The van der Waals surface area contributed by atoms with Crippen molar-refractivity contribution in [1.82, 2.24) is 39.3 Å². The second-order valence-corrected chi connectivity index (χ2v) is 9.97. The molecule has 3 heterocycles. The molecule has 228 valence electrons. The first kappa shape index (κ1) is 30.0. The Bertz CT molecular complexity index is 1930. The average molecular weight is 606 g/mol. The van der Waals surface area contributed by atoms with E-state index >= 15 is 0 Å². The highest BCUT2D eigenvalue weighted by atomic mass is 19.1. The largest absolute Gasteiger partial charge is 0.480 e. The van der Waals surface area contributed by atoms with Gasteiger partial charge >= 0.3 is 11.7 Å². The van der Waals surface area contributed by atoms with Crippen LogP contribution in [-0.4, -0.2) is 67.8 Å². The highest BCUT2D eigenvalue weighted by Gasteiger charge is 2.26. The number of amides is 2. The normalized spacial score (nSPS) is 11.2. The zero-order valence-electron chi connectivity index (χ0n) is 24.3. The summed E-state index contributed by atoms with van der Waals surface area (Å²) in [5.74, 6) is -1.69. The molecule has 0 aliphatic rings.